The first-order chi connectivity index (χ1) is 6.79. The molecular weight excluding hydrogens is 174 g/mol. The Labute approximate surface area is 85.0 Å². The van der Waals surface area contributed by atoms with Crippen molar-refractivity contribution in [2.24, 2.45) is 0 Å². The van der Waals surface area contributed by atoms with Crippen molar-refractivity contribution in [2.75, 3.05) is 6.54 Å². The summed E-state index contributed by atoms with van der Waals surface area (Å²) in [6.45, 7) is 3.01. The number of para-hydroxylation sites is 1. The summed E-state index contributed by atoms with van der Waals surface area (Å²) in [6.07, 6.45) is 3.64. The van der Waals surface area contributed by atoms with Gasteiger partial charge in [0.15, 0.2) is 0 Å². The van der Waals surface area contributed by atoms with Gasteiger partial charge in [0.1, 0.15) is 5.75 Å². The van der Waals surface area contributed by atoms with Gasteiger partial charge in [-0.15, -0.1) is 0 Å². The van der Waals surface area contributed by atoms with E-state index in [2.05, 4.69) is 5.32 Å². The number of hydrogen-bond acceptors (Lipinski definition) is 2. The van der Waals surface area contributed by atoms with Crippen molar-refractivity contribution in [1.29, 1.82) is 0 Å². The molecule has 1 aromatic rings. The Kier molecular flexibility index (Phi) is 2.73. The summed E-state index contributed by atoms with van der Waals surface area (Å²) < 4.78 is 0. The summed E-state index contributed by atoms with van der Waals surface area (Å²) >= 11 is 0. The third kappa shape index (κ3) is 1.75. The molecule has 0 amide bonds. The Bertz CT molecular complexity index is 316. The van der Waals surface area contributed by atoms with E-state index < -0.39 is 0 Å². The SMILES string of the molecule is Cc1cccc(C2CCCCN2)c1O. The van der Waals surface area contributed by atoms with Crippen LogP contribution >= 0.6 is 0 Å². The molecule has 0 aromatic heterocycles. The number of aryl methyl sites for hydroxylation is 1. The van der Waals surface area contributed by atoms with E-state index in [-0.39, 0.29) is 0 Å². The fourth-order valence-corrected chi connectivity index (χ4v) is 2.08. The van der Waals surface area contributed by atoms with E-state index in [1.165, 1.54) is 12.8 Å². The van der Waals surface area contributed by atoms with Crippen molar-refractivity contribution < 1.29 is 5.11 Å². The van der Waals surface area contributed by atoms with E-state index in [4.69, 9.17) is 0 Å². The molecule has 1 fully saturated rings. The van der Waals surface area contributed by atoms with E-state index in [1.54, 1.807) is 0 Å². The smallest absolute Gasteiger partial charge is 0.123 e. The van der Waals surface area contributed by atoms with Crippen molar-refractivity contribution >= 4 is 0 Å². The molecule has 2 N–H and O–H groups in total. The second kappa shape index (κ2) is 4.01. The van der Waals surface area contributed by atoms with Gasteiger partial charge in [0, 0.05) is 11.6 Å². The largest absolute Gasteiger partial charge is 0.507 e. The molecule has 2 nitrogen and oxygen atoms in total. The van der Waals surface area contributed by atoms with E-state index in [9.17, 15) is 5.11 Å². The van der Waals surface area contributed by atoms with Gasteiger partial charge in [-0.3, -0.25) is 0 Å². The first-order valence-corrected chi connectivity index (χ1v) is 5.31. The first-order valence-electron chi connectivity index (χ1n) is 5.31. The Morgan fingerprint density at radius 3 is 2.93 bits per heavy atom. The summed E-state index contributed by atoms with van der Waals surface area (Å²) in [4.78, 5) is 0. The van der Waals surface area contributed by atoms with Crippen LogP contribution in [0.1, 0.15) is 36.4 Å². The van der Waals surface area contributed by atoms with Gasteiger partial charge in [-0.2, -0.15) is 0 Å². The van der Waals surface area contributed by atoms with Gasteiger partial charge in [-0.1, -0.05) is 24.6 Å². The molecule has 0 saturated carbocycles. The number of nitrogens with one attached hydrogen (secondary N) is 1. The molecule has 0 aliphatic carbocycles. The first kappa shape index (κ1) is 9.53. The third-order valence-corrected chi connectivity index (χ3v) is 2.95. The van der Waals surface area contributed by atoms with Crippen LogP contribution in [-0.2, 0) is 0 Å². The van der Waals surface area contributed by atoms with Crippen LogP contribution in [0.25, 0.3) is 0 Å². The van der Waals surface area contributed by atoms with Crippen LogP contribution < -0.4 is 5.32 Å². The highest BCUT2D eigenvalue weighted by Crippen LogP contribution is 2.31. The van der Waals surface area contributed by atoms with Crippen LogP contribution in [0.15, 0.2) is 18.2 Å². The molecule has 1 aliphatic rings. The van der Waals surface area contributed by atoms with Gasteiger partial charge in [-0.25, -0.2) is 0 Å². The third-order valence-electron chi connectivity index (χ3n) is 2.95. The maximum absolute atomic E-state index is 9.91. The molecule has 2 heteroatoms. The molecule has 1 saturated heterocycles. The molecule has 1 atom stereocenters. The van der Waals surface area contributed by atoms with Gasteiger partial charge in [-0.05, 0) is 31.9 Å². The highest BCUT2D eigenvalue weighted by Gasteiger charge is 2.17. The topological polar surface area (TPSA) is 32.3 Å². The van der Waals surface area contributed by atoms with Gasteiger partial charge in [0.05, 0.1) is 0 Å². The second-order valence-corrected chi connectivity index (χ2v) is 4.02. The van der Waals surface area contributed by atoms with Crippen molar-refractivity contribution in [3.8, 4) is 5.75 Å². The number of piperidine rings is 1. The highest BCUT2D eigenvalue weighted by molar-refractivity contribution is 5.41. The predicted octanol–water partition coefficient (Wildman–Crippen LogP) is 2.52. The molecule has 0 radical (unpaired) electrons. The van der Waals surface area contributed by atoms with E-state index in [1.807, 2.05) is 25.1 Å². The van der Waals surface area contributed by atoms with Crippen LogP contribution in [-0.4, -0.2) is 11.7 Å². The second-order valence-electron chi connectivity index (χ2n) is 4.02. The molecule has 0 spiro atoms. The molecule has 14 heavy (non-hydrogen) atoms. The minimum atomic E-state index is 0.351. The number of phenolic OH excluding ortho intramolecular Hbond substituents is 1. The van der Waals surface area contributed by atoms with Crippen molar-refractivity contribution in [1.82, 2.24) is 5.32 Å². The number of phenols is 1. The van der Waals surface area contributed by atoms with Crippen molar-refractivity contribution in [3.63, 3.8) is 0 Å². The molecule has 1 unspecified atom stereocenters. The van der Waals surface area contributed by atoms with Gasteiger partial charge in [0.25, 0.3) is 0 Å². The lowest BCUT2D eigenvalue weighted by molar-refractivity contribution is 0.389. The Balaban J connectivity index is 2.26. The number of benzene rings is 1. The van der Waals surface area contributed by atoms with E-state index in [0.717, 1.165) is 24.1 Å². The zero-order chi connectivity index (χ0) is 9.97. The monoisotopic (exact) mass is 191 g/mol. The lowest BCUT2D eigenvalue weighted by Gasteiger charge is -2.24. The predicted molar refractivity (Wildman–Crippen MR) is 57.4 cm³/mol. The molecule has 1 aliphatic heterocycles. The molecule has 1 aromatic carbocycles. The zero-order valence-corrected chi connectivity index (χ0v) is 8.59. The normalized spacial score (nSPS) is 22.2. The average molecular weight is 191 g/mol. The van der Waals surface area contributed by atoms with Crippen LogP contribution in [0.5, 0.6) is 5.75 Å². The fraction of sp³-hybridized carbons (Fsp3) is 0.500. The summed E-state index contributed by atoms with van der Waals surface area (Å²) in [5.41, 5.74) is 2.03. The average Bonchev–Trinajstić information content (AvgIpc) is 2.23. The van der Waals surface area contributed by atoms with Gasteiger partial charge < -0.3 is 10.4 Å². The van der Waals surface area contributed by atoms with Crippen LogP contribution in [0.2, 0.25) is 0 Å². The Hall–Kier alpha value is -1.02. The summed E-state index contributed by atoms with van der Waals surface area (Å²) in [6, 6.07) is 6.33. The summed E-state index contributed by atoms with van der Waals surface area (Å²) in [7, 11) is 0. The maximum Gasteiger partial charge on any atom is 0.123 e. The van der Waals surface area contributed by atoms with Crippen LogP contribution in [0.3, 0.4) is 0 Å². The molecule has 1 heterocycles. The lowest BCUT2D eigenvalue weighted by atomic mass is 9.95. The van der Waals surface area contributed by atoms with E-state index >= 15 is 0 Å². The lowest BCUT2D eigenvalue weighted by Crippen LogP contribution is -2.26. The summed E-state index contributed by atoms with van der Waals surface area (Å²) in [5, 5.41) is 13.4. The van der Waals surface area contributed by atoms with Gasteiger partial charge in [0.2, 0.25) is 0 Å². The molecular formula is C12H17NO. The maximum atomic E-state index is 9.91. The highest BCUT2D eigenvalue weighted by atomic mass is 16.3. The number of aromatic hydroxyl groups is 1. The molecule has 76 valence electrons. The quantitative estimate of drug-likeness (QED) is 0.715. The zero-order valence-electron chi connectivity index (χ0n) is 8.59. The van der Waals surface area contributed by atoms with E-state index in [0.29, 0.717) is 11.8 Å². The van der Waals surface area contributed by atoms with Crippen LogP contribution in [0, 0.1) is 6.92 Å². The van der Waals surface area contributed by atoms with Crippen molar-refractivity contribution in [2.45, 2.75) is 32.2 Å². The van der Waals surface area contributed by atoms with Crippen molar-refractivity contribution in [3.05, 3.63) is 29.3 Å². The summed E-state index contributed by atoms with van der Waals surface area (Å²) in [5.74, 6) is 0.465. The fourth-order valence-electron chi connectivity index (χ4n) is 2.08. The minimum Gasteiger partial charge on any atom is -0.507 e. The van der Waals surface area contributed by atoms with Gasteiger partial charge >= 0.3 is 0 Å². The minimum absolute atomic E-state index is 0.351. The Morgan fingerprint density at radius 2 is 2.21 bits per heavy atom. The Morgan fingerprint density at radius 1 is 1.36 bits per heavy atom. The van der Waals surface area contributed by atoms with Crippen LogP contribution in [0.4, 0.5) is 0 Å². The standard InChI is InChI=1S/C12H17NO/c1-9-5-4-6-10(12(9)14)11-7-2-3-8-13-11/h4-6,11,13-14H,2-3,7-8H2,1H3. The molecule has 0 bridgehead atoms. The molecule has 2 rings (SSSR count). The number of hydrogen-bond donors (Lipinski definition) is 2. The number of rotatable bonds is 1.